The third-order valence-corrected chi connectivity index (χ3v) is 5.11. The number of carbonyl (C=O) groups excluding carboxylic acids is 2. The standard InChI is InChI=1S/C20H19FN2O4/c21-15-4-1-3-14(12-15)20(7-2-8-20)19(25)23-22-18(24)13-5-6-16-17(11-13)27-10-9-26-16/h1,3-6,11-12H,2,7-10H2,(H,22,24)(H,23,25). The predicted molar refractivity (Wildman–Crippen MR) is 95.0 cm³/mol. The number of carbonyl (C=O) groups is 2. The summed E-state index contributed by atoms with van der Waals surface area (Å²) >= 11 is 0. The van der Waals surface area contributed by atoms with E-state index in [0.717, 1.165) is 6.42 Å². The third-order valence-electron chi connectivity index (χ3n) is 5.11. The van der Waals surface area contributed by atoms with Crippen LogP contribution in [0.5, 0.6) is 11.5 Å². The van der Waals surface area contributed by atoms with Crippen molar-refractivity contribution in [2.45, 2.75) is 24.7 Å². The summed E-state index contributed by atoms with van der Waals surface area (Å²) in [5.74, 6) is -0.108. The fraction of sp³-hybridized carbons (Fsp3) is 0.300. The molecule has 1 saturated carbocycles. The van der Waals surface area contributed by atoms with Crippen molar-refractivity contribution in [2.24, 2.45) is 0 Å². The van der Waals surface area contributed by atoms with Crippen molar-refractivity contribution >= 4 is 11.8 Å². The summed E-state index contributed by atoms with van der Waals surface area (Å²) in [5, 5.41) is 0. The van der Waals surface area contributed by atoms with Gasteiger partial charge >= 0.3 is 0 Å². The normalized spacial score (nSPS) is 16.8. The summed E-state index contributed by atoms with van der Waals surface area (Å²) in [6, 6.07) is 10.9. The van der Waals surface area contributed by atoms with Gasteiger partial charge in [0, 0.05) is 5.56 Å². The van der Waals surface area contributed by atoms with Crippen LogP contribution in [-0.4, -0.2) is 25.0 Å². The van der Waals surface area contributed by atoms with Crippen molar-refractivity contribution in [1.29, 1.82) is 0 Å². The van der Waals surface area contributed by atoms with E-state index in [0.29, 0.717) is 48.7 Å². The van der Waals surface area contributed by atoms with Crippen LogP contribution in [0.1, 0.15) is 35.2 Å². The SMILES string of the molecule is O=C(NNC(=O)C1(c2cccc(F)c2)CCC1)c1ccc2c(c1)OCCO2. The van der Waals surface area contributed by atoms with Crippen LogP contribution in [0.25, 0.3) is 0 Å². The molecule has 1 fully saturated rings. The fourth-order valence-corrected chi connectivity index (χ4v) is 3.45. The molecule has 1 heterocycles. The van der Waals surface area contributed by atoms with Gasteiger partial charge in [0.1, 0.15) is 19.0 Å². The number of amides is 2. The zero-order chi connectivity index (χ0) is 18.9. The van der Waals surface area contributed by atoms with Crippen LogP contribution in [0, 0.1) is 5.82 Å². The zero-order valence-corrected chi connectivity index (χ0v) is 14.6. The average Bonchev–Trinajstić information content (AvgIpc) is 2.65. The Morgan fingerprint density at radius 2 is 1.74 bits per heavy atom. The van der Waals surface area contributed by atoms with Crippen molar-refractivity contribution in [3.63, 3.8) is 0 Å². The van der Waals surface area contributed by atoms with Crippen LogP contribution in [0.3, 0.4) is 0 Å². The van der Waals surface area contributed by atoms with Gasteiger partial charge in [-0.05, 0) is 48.7 Å². The summed E-state index contributed by atoms with van der Waals surface area (Å²) in [7, 11) is 0. The first-order valence-electron chi connectivity index (χ1n) is 8.85. The molecule has 0 spiro atoms. The van der Waals surface area contributed by atoms with E-state index in [4.69, 9.17) is 9.47 Å². The monoisotopic (exact) mass is 370 g/mol. The van der Waals surface area contributed by atoms with E-state index in [9.17, 15) is 14.0 Å². The summed E-state index contributed by atoms with van der Waals surface area (Å²) in [6.45, 7) is 0.891. The first-order chi connectivity index (χ1) is 13.1. The number of hydrogen-bond donors (Lipinski definition) is 2. The number of rotatable bonds is 3. The molecule has 2 aliphatic rings. The second kappa shape index (κ2) is 6.90. The number of fused-ring (bicyclic) bond motifs is 1. The highest BCUT2D eigenvalue weighted by atomic mass is 19.1. The highest BCUT2D eigenvalue weighted by Gasteiger charge is 2.46. The maximum absolute atomic E-state index is 13.6. The molecule has 0 aromatic heterocycles. The van der Waals surface area contributed by atoms with Gasteiger partial charge in [-0.3, -0.25) is 20.4 Å². The minimum atomic E-state index is -0.803. The first-order valence-corrected chi connectivity index (χ1v) is 8.85. The Labute approximate surface area is 155 Å². The number of hydrogen-bond acceptors (Lipinski definition) is 4. The first kappa shape index (κ1) is 17.3. The van der Waals surface area contributed by atoms with Gasteiger partial charge in [-0.15, -0.1) is 0 Å². The van der Waals surface area contributed by atoms with E-state index in [2.05, 4.69) is 10.9 Å². The van der Waals surface area contributed by atoms with Crippen LogP contribution in [-0.2, 0) is 10.2 Å². The highest BCUT2D eigenvalue weighted by molar-refractivity contribution is 5.97. The van der Waals surface area contributed by atoms with E-state index in [-0.39, 0.29) is 11.7 Å². The van der Waals surface area contributed by atoms with Gasteiger partial charge in [-0.1, -0.05) is 18.6 Å². The van der Waals surface area contributed by atoms with Crippen molar-refractivity contribution < 1.29 is 23.5 Å². The van der Waals surface area contributed by atoms with E-state index >= 15 is 0 Å². The Balaban J connectivity index is 1.45. The Morgan fingerprint density at radius 1 is 0.963 bits per heavy atom. The van der Waals surface area contributed by atoms with Gasteiger partial charge in [-0.2, -0.15) is 0 Å². The molecular weight excluding hydrogens is 351 g/mol. The Kier molecular flexibility index (Phi) is 4.43. The molecule has 7 heteroatoms. The molecule has 0 bridgehead atoms. The second-order valence-corrected chi connectivity index (χ2v) is 6.71. The molecule has 1 aliphatic carbocycles. The zero-order valence-electron chi connectivity index (χ0n) is 14.6. The summed E-state index contributed by atoms with van der Waals surface area (Å²) in [5.41, 5.74) is 5.09. The molecule has 2 aromatic carbocycles. The molecule has 2 amide bonds. The minimum Gasteiger partial charge on any atom is -0.486 e. The van der Waals surface area contributed by atoms with Crippen LogP contribution >= 0.6 is 0 Å². The molecule has 2 N–H and O–H groups in total. The Hall–Kier alpha value is -3.09. The molecule has 0 unspecified atom stereocenters. The highest BCUT2D eigenvalue weighted by Crippen LogP contribution is 2.44. The number of halogens is 1. The number of nitrogens with one attached hydrogen (secondary N) is 2. The van der Waals surface area contributed by atoms with Gasteiger partial charge in [0.2, 0.25) is 5.91 Å². The molecule has 27 heavy (non-hydrogen) atoms. The topological polar surface area (TPSA) is 76.7 Å². The third kappa shape index (κ3) is 3.20. The average molecular weight is 370 g/mol. The van der Waals surface area contributed by atoms with Crippen molar-refractivity contribution in [1.82, 2.24) is 10.9 Å². The summed E-state index contributed by atoms with van der Waals surface area (Å²) in [6.07, 6.45) is 2.10. The largest absolute Gasteiger partial charge is 0.486 e. The lowest BCUT2D eigenvalue weighted by atomic mass is 9.64. The van der Waals surface area contributed by atoms with Crippen LogP contribution in [0.15, 0.2) is 42.5 Å². The lowest BCUT2D eigenvalue weighted by Gasteiger charge is -2.40. The quantitative estimate of drug-likeness (QED) is 0.814. The summed E-state index contributed by atoms with van der Waals surface area (Å²) in [4.78, 5) is 25.1. The van der Waals surface area contributed by atoms with E-state index in [1.54, 1.807) is 30.3 Å². The lowest BCUT2D eigenvalue weighted by molar-refractivity contribution is -0.130. The molecule has 0 saturated heterocycles. The fourth-order valence-electron chi connectivity index (χ4n) is 3.45. The Morgan fingerprint density at radius 3 is 2.44 bits per heavy atom. The smallest absolute Gasteiger partial charge is 0.269 e. The minimum absolute atomic E-state index is 0.341. The van der Waals surface area contributed by atoms with Gasteiger partial charge in [0.05, 0.1) is 5.41 Å². The van der Waals surface area contributed by atoms with E-state index < -0.39 is 11.3 Å². The molecule has 2 aromatic rings. The Bertz CT molecular complexity index is 895. The predicted octanol–water partition coefficient (Wildman–Crippen LogP) is 2.48. The van der Waals surface area contributed by atoms with E-state index in [1.807, 2.05) is 0 Å². The number of benzene rings is 2. The van der Waals surface area contributed by atoms with Gasteiger partial charge in [-0.25, -0.2) is 4.39 Å². The molecule has 140 valence electrons. The summed E-state index contributed by atoms with van der Waals surface area (Å²) < 4.78 is 24.5. The molecule has 0 radical (unpaired) electrons. The molecular formula is C20H19FN2O4. The van der Waals surface area contributed by atoms with E-state index in [1.165, 1.54) is 12.1 Å². The molecule has 4 rings (SSSR count). The van der Waals surface area contributed by atoms with Crippen LogP contribution in [0.2, 0.25) is 0 Å². The van der Waals surface area contributed by atoms with Crippen molar-refractivity contribution in [3.8, 4) is 11.5 Å². The number of ether oxygens (including phenoxy) is 2. The van der Waals surface area contributed by atoms with Gasteiger partial charge in [0.25, 0.3) is 5.91 Å². The van der Waals surface area contributed by atoms with Crippen LogP contribution < -0.4 is 20.3 Å². The lowest BCUT2D eigenvalue weighted by Crippen LogP contribution is -2.54. The maximum Gasteiger partial charge on any atom is 0.269 e. The van der Waals surface area contributed by atoms with Crippen LogP contribution in [0.4, 0.5) is 4.39 Å². The molecule has 1 aliphatic heterocycles. The van der Waals surface area contributed by atoms with Gasteiger partial charge < -0.3 is 9.47 Å². The number of hydrazine groups is 1. The maximum atomic E-state index is 13.6. The second-order valence-electron chi connectivity index (χ2n) is 6.71. The van der Waals surface area contributed by atoms with Crippen molar-refractivity contribution in [2.75, 3.05) is 13.2 Å². The van der Waals surface area contributed by atoms with Crippen molar-refractivity contribution in [3.05, 3.63) is 59.4 Å². The molecule has 6 nitrogen and oxygen atoms in total. The van der Waals surface area contributed by atoms with Gasteiger partial charge in [0.15, 0.2) is 11.5 Å². The molecule has 0 atom stereocenters.